The molecule has 2 heterocycles. The van der Waals surface area contributed by atoms with Gasteiger partial charge in [0.25, 0.3) is 0 Å². The Labute approximate surface area is 192 Å². The zero-order valence-corrected chi connectivity index (χ0v) is 20.2. The summed E-state index contributed by atoms with van der Waals surface area (Å²) in [4.78, 5) is 12.8. The van der Waals surface area contributed by atoms with Crippen LogP contribution in [0.2, 0.25) is 0 Å². The van der Waals surface area contributed by atoms with Crippen molar-refractivity contribution in [2.45, 2.75) is 83.6 Å². The summed E-state index contributed by atoms with van der Waals surface area (Å²) < 4.78 is 7.35. The Morgan fingerprint density at radius 1 is 1.00 bits per heavy atom. The molecule has 1 aromatic rings. The molecule has 3 aliphatic rings. The van der Waals surface area contributed by atoms with Gasteiger partial charge in [0.05, 0.1) is 23.2 Å². The zero-order valence-electron chi connectivity index (χ0n) is 20.2. The number of nitrogens with one attached hydrogen (secondary N) is 4. The number of anilines is 1. The molecule has 1 amide bonds. The van der Waals surface area contributed by atoms with Gasteiger partial charge >= 0.3 is 0 Å². The maximum atomic E-state index is 12.8. The van der Waals surface area contributed by atoms with Crippen molar-refractivity contribution >= 4 is 11.6 Å². The fraction of sp³-hybridized carbons (Fsp3) is 0.833. The second-order valence-electron chi connectivity index (χ2n) is 10.2. The SMILES string of the molecule is COC1CCC(C2CNC(NC3CCC(C(=O)Nc4c(C)nn(C)c4C)CC3)NC2)CC1. The highest BCUT2D eigenvalue weighted by Gasteiger charge is 2.32. The standard InChI is InChI=1S/C24H42N6O2/c1-15-22(16(2)30(3)29-15)28-23(31)18-5-9-20(10-6-18)27-24-25-13-19(14-26-24)17-7-11-21(32-4)12-8-17/h17-21,24-27H,5-14H2,1-4H3,(H,28,31). The van der Waals surface area contributed by atoms with Crippen LogP contribution in [0.5, 0.6) is 0 Å². The van der Waals surface area contributed by atoms with E-state index in [2.05, 4.69) is 26.4 Å². The maximum absolute atomic E-state index is 12.8. The number of rotatable bonds is 6. The number of methoxy groups -OCH3 is 1. The van der Waals surface area contributed by atoms with Crippen molar-refractivity contribution in [3.8, 4) is 0 Å². The van der Waals surface area contributed by atoms with E-state index in [9.17, 15) is 4.79 Å². The van der Waals surface area contributed by atoms with Gasteiger partial charge in [-0.2, -0.15) is 5.10 Å². The van der Waals surface area contributed by atoms with E-state index >= 15 is 0 Å². The molecule has 3 fully saturated rings. The molecule has 180 valence electrons. The predicted octanol–water partition coefficient (Wildman–Crippen LogP) is 2.42. The summed E-state index contributed by atoms with van der Waals surface area (Å²) in [6, 6.07) is 0.458. The first-order chi connectivity index (χ1) is 15.4. The summed E-state index contributed by atoms with van der Waals surface area (Å²) in [5, 5.41) is 18.6. The van der Waals surface area contributed by atoms with E-state index in [0.29, 0.717) is 18.1 Å². The topological polar surface area (TPSA) is 92.2 Å². The number of carbonyl (C=O) groups is 1. The van der Waals surface area contributed by atoms with E-state index in [4.69, 9.17) is 4.74 Å². The average Bonchev–Trinajstić information content (AvgIpc) is 3.06. The van der Waals surface area contributed by atoms with Gasteiger partial charge in [-0.1, -0.05) is 0 Å². The van der Waals surface area contributed by atoms with Crippen molar-refractivity contribution in [2.75, 3.05) is 25.5 Å². The van der Waals surface area contributed by atoms with Crippen LogP contribution in [0.25, 0.3) is 0 Å². The van der Waals surface area contributed by atoms with Crippen LogP contribution < -0.4 is 21.3 Å². The maximum Gasteiger partial charge on any atom is 0.227 e. The monoisotopic (exact) mass is 446 g/mol. The number of nitrogens with zero attached hydrogens (tertiary/aromatic N) is 2. The average molecular weight is 447 g/mol. The summed E-state index contributed by atoms with van der Waals surface area (Å²) in [6.45, 7) is 6.10. The number of hydrogen-bond donors (Lipinski definition) is 4. The zero-order chi connectivity index (χ0) is 22.7. The number of amides is 1. The summed E-state index contributed by atoms with van der Waals surface area (Å²) in [5.74, 6) is 1.75. The molecule has 2 aliphatic carbocycles. The minimum atomic E-state index is 0.0888. The van der Waals surface area contributed by atoms with Crippen LogP contribution in [0.4, 0.5) is 5.69 Å². The van der Waals surface area contributed by atoms with Gasteiger partial charge in [0, 0.05) is 39.2 Å². The Hall–Kier alpha value is -1.48. The lowest BCUT2D eigenvalue weighted by atomic mass is 9.78. The molecule has 0 bridgehead atoms. The Morgan fingerprint density at radius 3 is 2.22 bits per heavy atom. The molecule has 0 spiro atoms. The van der Waals surface area contributed by atoms with Crippen molar-refractivity contribution in [1.82, 2.24) is 25.7 Å². The summed E-state index contributed by atoms with van der Waals surface area (Å²) in [5.41, 5.74) is 2.76. The Kier molecular flexibility index (Phi) is 7.87. The lowest BCUT2D eigenvalue weighted by molar-refractivity contribution is -0.120. The lowest BCUT2D eigenvalue weighted by Crippen LogP contribution is -2.63. The van der Waals surface area contributed by atoms with Crippen molar-refractivity contribution in [3.63, 3.8) is 0 Å². The largest absolute Gasteiger partial charge is 0.381 e. The van der Waals surface area contributed by atoms with Crippen LogP contribution >= 0.6 is 0 Å². The van der Waals surface area contributed by atoms with Gasteiger partial charge < -0.3 is 10.1 Å². The molecule has 8 nitrogen and oxygen atoms in total. The molecule has 4 rings (SSSR count). The smallest absolute Gasteiger partial charge is 0.227 e. The number of hydrogen-bond acceptors (Lipinski definition) is 6. The molecular formula is C24H42N6O2. The number of carbonyl (C=O) groups excluding carboxylic acids is 1. The van der Waals surface area contributed by atoms with Crippen LogP contribution in [0.3, 0.4) is 0 Å². The van der Waals surface area contributed by atoms with Gasteiger partial charge in [0.15, 0.2) is 0 Å². The molecule has 0 atom stereocenters. The van der Waals surface area contributed by atoms with Crippen molar-refractivity contribution < 1.29 is 9.53 Å². The Balaban J connectivity index is 1.16. The molecule has 8 heteroatoms. The minimum Gasteiger partial charge on any atom is -0.381 e. The minimum absolute atomic E-state index is 0.0888. The predicted molar refractivity (Wildman–Crippen MR) is 126 cm³/mol. The molecule has 0 aromatic carbocycles. The fourth-order valence-corrected chi connectivity index (χ4v) is 5.87. The van der Waals surface area contributed by atoms with Crippen LogP contribution in [0.1, 0.15) is 62.8 Å². The van der Waals surface area contributed by atoms with Gasteiger partial charge in [-0.15, -0.1) is 0 Å². The van der Waals surface area contributed by atoms with Crippen molar-refractivity contribution in [3.05, 3.63) is 11.4 Å². The van der Waals surface area contributed by atoms with Crippen molar-refractivity contribution in [2.24, 2.45) is 24.8 Å². The molecule has 0 unspecified atom stereocenters. The van der Waals surface area contributed by atoms with Gasteiger partial charge in [0.1, 0.15) is 6.29 Å². The van der Waals surface area contributed by atoms with Crippen LogP contribution in [0.15, 0.2) is 0 Å². The van der Waals surface area contributed by atoms with E-state index in [-0.39, 0.29) is 18.1 Å². The third kappa shape index (κ3) is 5.53. The number of ether oxygens (including phenoxy) is 1. The van der Waals surface area contributed by atoms with Crippen LogP contribution in [-0.2, 0) is 16.6 Å². The lowest BCUT2D eigenvalue weighted by Gasteiger charge is -2.40. The highest BCUT2D eigenvalue weighted by molar-refractivity contribution is 5.93. The molecular weight excluding hydrogens is 404 g/mol. The molecule has 2 saturated carbocycles. The number of aryl methyl sites for hydroxylation is 2. The van der Waals surface area contributed by atoms with Gasteiger partial charge in [0.2, 0.25) is 5.91 Å². The van der Waals surface area contributed by atoms with E-state index < -0.39 is 0 Å². The highest BCUT2D eigenvalue weighted by atomic mass is 16.5. The first-order valence-corrected chi connectivity index (χ1v) is 12.5. The van der Waals surface area contributed by atoms with Crippen LogP contribution in [0, 0.1) is 31.6 Å². The fourth-order valence-electron chi connectivity index (χ4n) is 5.87. The third-order valence-corrected chi connectivity index (χ3v) is 8.14. The van der Waals surface area contributed by atoms with Crippen molar-refractivity contribution in [1.29, 1.82) is 0 Å². The first-order valence-electron chi connectivity index (χ1n) is 12.5. The van der Waals surface area contributed by atoms with Gasteiger partial charge in [-0.3, -0.25) is 25.4 Å². The van der Waals surface area contributed by atoms with E-state index in [0.717, 1.165) is 61.8 Å². The summed E-state index contributed by atoms with van der Waals surface area (Å²) in [6.07, 6.45) is 9.56. The second-order valence-corrected chi connectivity index (χ2v) is 10.2. The normalized spacial score (nSPS) is 33.8. The quantitative estimate of drug-likeness (QED) is 0.536. The van der Waals surface area contributed by atoms with Crippen LogP contribution in [-0.4, -0.2) is 54.3 Å². The Bertz CT molecular complexity index is 757. The molecule has 1 saturated heterocycles. The molecule has 32 heavy (non-hydrogen) atoms. The summed E-state index contributed by atoms with van der Waals surface area (Å²) >= 11 is 0. The van der Waals surface area contributed by atoms with E-state index in [1.807, 2.05) is 32.7 Å². The van der Waals surface area contributed by atoms with E-state index in [1.165, 1.54) is 25.7 Å². The highest BCUT2D eigenvalue weighted by Crippen LogP contribution is 2.32. The Morgan fingerprint density at radius 2 is 1.66 bits per heavy atom. The first kappa shape index (κ1) is 23.7. The number of aromatic nitrogens is 2. The second kappa shape index (κ2) is 10.6. The third-order valence-electron chi connectivity index (χ3n) is 8.14. The summed E-state index contributed by atoms with van der Waals surface area (Å²) in [7, 11) is 3.75. The van der Waals surface area contributed by atoms with Gasteiger partial charge in [-0.05, 0) is 77.0 Å². The molecule has 0 radical (unpaired) electrons. The molecule has 1 aliphatic heterocycles. The van der Waals surface area contributed by atoms with E-state index in [1.54, 1.807) is 0 Å². The van der Waals surface area contributed by atoms with Gasteiger partial charge in [-0.25, -0.2) is 0 Å². The molecule has 4 N–H and O–H groups in total. The molecule has 1 aromatic heterocycles.